The first-order valence-corrected chi connectivity index (χ1v) is 5.45. The van der Waals surface area contributed by atoms with Crippen LogP contribution in [0.25, 0.3) is 5.65 Å². The molecule has 0 fully saturated rings. The average molecular weight is 221 g/mol. The standard InChI is InChI=1S/C11H15N3O2/c1-2-8-16-9-7-14-11(15)13-6-4-3-5-10(13)12-14/h3-6H,2,7-9H2,1H3. The lowest BCUT2D eigenvalue weighted by Gasteiger charge is -2.00. The normalized spacial score (nSPS) is 11.1. The molecule has 0 N–H and O–H groups in total. The zero-order chi connectivity index (χ0) is 11.4. The molecule has 0 spiro atoms. The van der Waals surface area contributed by atoms with E-state index >= 15 is 0 Å². The number of nitrogens with zero attached hydrogens (tertiary/aromatic N) is 3. The molecule has 0 aliphatic carbocycles. The van der Waals surface area contributed by atoms with Crippen molar-refractivity contribution in [1.82, 2.24) is 14.2 Å². The number of aromatic nitrogens is 3. The minimum atomic E-state index is -0.115. The Bertz CT molecular complexity index is 515. The summed E-state index contributed by atoms with van der Waals surface area (Å²) in [5.41, 5.74) is 0.554. The van der Waals surface area contributed by atoms with Gasteiger partial charge in [-0.2, -0.15) is 0 Å². The van der Waals surface area contributed by atoms with Gasteiger partial charge in [-0.15, -0.1) is 5.10 Å². The first-order valence-electron chi connectivity index (χ1n) is 5.45. The van der Waals surface area contributed by atoms with Crippen molar-refractivity contribution in [2.75, 3.05) is 13.2 Å². The van der Waals surface area contributed by atoms with Crippen LogP contribution in [-0.2, 0) is 11.3 Å². The molecule has 0 atom stereocenters. The van der Waals surface area contributed by atoms with Crippen LogP contribution in [0.1, 0.15) is 13.3 Å². The molecule has 2 aromatic heterocycles. The van der Waals surface area contributed by atoms with Gasteiger partial charge in [-0.05, 0) is 18.6 Å². The van der Waals surface area contributed by atoms with Crippen LogP contribution in [0, 0.1) is 0 Å². The Hall–Kier alpha value is -1.62. The maximum atomic E-state index is 11.8. The van der Waals surface area contributed by atoms with E-state index < -0.39 is 0 Å². The fourth-order valence-corrected chi connectivity index (χ4v) is 1.51. The molecule has 0 amide bonds. The van der Waals surface area contributed by atoms with Gasteiger partial charge in [-0.25, -0.2) is 9.48 Å². The number of ether oxygens (including phenoxy) is 1. The fourth-order valence-electron chi connectivity index (χ4n) is 1.51. The summed E-state index contributed by atoms with van der Waals surface area (Å²) in [5.74, 6) is 0. The first kappa shape index (κ1) is 10.9. The lowest BCUT2D eigenvalue weighted by atomic mass is 10.5. The van der Waals surface area contributed by atoms with Crippen molar-refractivity contribution in [2.45, 2.75) is 19.9 Å². The maximum Gasteiger partial charge on any atom is 0.350 e. The van der Waals surface area contributed by atoms with Gasteiger partial charge in [0.1, 0.15) is 0 Å². The summed E-state index contributed by atoms with van der Waals surface area (Å²) in [6.07, 6.45) is 2.70. The van der Waals surface area contributed by atoms with E-state index in [0.29, 0.717) is 18.8 Å². The molecule has 2 rings (SSSR count). The molecule has 0 aromatic carbocycles. The van der Waals surface area contributed by atoms with Gasteiger partial charge in [-0.1, -0.05) is 13.0 Å². The predicted octanol–water partition coefficient (Wildman–Crippen LogP) is 0.923. The molecule has 5 heteroatoms. The van der Waals surface area contributed by atoms with Gasteiger partial charge in [0.2, 0.25) is 0 Å². The second kappa shape index (κ2) is 4.94. The van der Waals surface area contributed by atoms with Crippen LogP contribution in [0.3, 0.4) is 0 Å². The average Bonchev–Trinajstić information content (AvgIpc) is 2.63. The third kappa shape index (κ3) is 2.14. The van der Waals surface area contributed by atoms with E-state index in [9.17, 15) is 4.79 Å². The van der Waals surface area contributed by atoms with E-state index in [0.717, 1.165) is 13.0 Å². The van der Waals surface area contributed by atoms with Crippen LogP contribution in [0.2, 0.25) is 0 Å². The minimum Gasteiger partial charge on any atom is -0.380 e. The van der Waals surface area contributed by atoms with Gasteiger partial charge in [0, 0.05) is 12.8 Å². The molecule has 0 radical (unpaired) electrons. The molecule has 2 heterocycles. The number of pyridine rings is 1. The molecule has 86 valence electrons. The number of hydrogen-bond acceptors (Lipinski definition) is 3. The summed E-state index contributed by atoms with van der Waals surface area (Å²) in [6, 6.07) is 5.48. The highest BCUT2D eigenvalue weighted by atomic mass is 16.5. The van der Waals surface area contributed by atoms with Crippen LogP contribution >= 0.6 is 0 Å². The van der Waals surface area contributed by atoms with E-state index in [1.165, 1.54) is 9.08 Å². The summed E-state index contributed by atoms with van der Waals surface area (Å²) >= 11 is 0. The highest BCUT2D eigenvalue weighted by Crippen LogP contribution is 1.94. The van der Waals surface area contributed by atoms with Crippen LogP contribution in [0.15, 0.2) is 29.2 Å². The van der Waals surface area contributed by atoms with Gasteiger partial charge >= 0.3 is 5.69 Å². The summed E-state index contributed by atoms with van der Waals surface area (Å²) in [5, 5.41) is 4.20. The van der Waals surface area contributed by atoms with E-state index in [-0.39, 0.29) is 5.69 Å². The zero-order valence-electron chi connectivity index (χ0n) is 9.30. The van der Waals surface area contributed by atoms with Crippen molar-refractivity contribution >= 4 is 5.65 Å². The number of fused-ring (bicyclic) bond motifs is 1. The van der Waals surface area contributed by atoms with E-state index in [4.69, 9.17) is 4.74 Å². The molecule has 0 saturated carbocycles. The molecule has 2 aromatic rings. The lowest BCUT2D eigenvalue weighted by Crippen LogP contribution is -2.23. The van der Waals surface area contributed by atoms with Crippen molar-refractivity contribution < 1.29 is 4.74 Å². The topological polar surface area (TPSA) is 48.5 Å². The molecule has 0 aliphatic heterocycles. The number of rotatable bonds is 5. The van der Waals surface area contributed by atoms with Gasteiger partial charge in [0.05, 0.1) is 13.2 Å². The Labute approximate surface area is 93.3 Å². The largest absolute Gasteiger partial charge is 0.380 e. The SMILES string of the molecule is CCCOCCn1nc2ccccn2c1=O. The monoisotopic (exact) mass is 221 g/mol. The third-order valence-corrected chi connectivity index (χ3v) is 2.28. The molecule has 5 nitrogen and oxygen atoms in total. The summed E-state index contributed by atoms with van der Waals surface area (Å²) in [4.78, 5) is 11.8. The molecular weight excluding hydrogens is 206 g/mol. The second-order valence-electron chi connectivity index (χ2n) is 3.55. The van der Waals surface area contributed by atoms with Crippen LogP contribution in [-0.4, -0.2) is 27.4 Å². The van der Waals surface area contributed by atoms with Crippen molar-refractivity contribution in [2.24, 2.45) is 0 Å². The molecule has 0 aliphatic rings. The Morgan fingerprint density at radius 1 is 1.38 bits per heavy atom. The van der Waals surface area contributed by atoms with E-state index in [1.807, 2.05) is 18.2 Å². The Balaban J connectivity index is 2.13. The van der Waals surface area contributed by atoms with Crippen LogP contribution in [0.5, 0.6) is 0 Å². The third-order valence-electron chi connectivity index (χ3n) is 2.28. The Morgan fingerprint density at radius 3 is 3.00 bits per heavy atom. The smallest absolute Gasteiger partial charge is 0.350 e. The Morgan fingerprint density at radius 2 is 2.25 bits per heavy atom. The highest BCUT2D eigenvalue weighted by molar-refractivity contribution is 5.35. The highest BCUT2D eigenvalue weighted by Gasteiger charge is 2.04. The van der Waals surface area contributed by atoms with Gasteiger partial charge in [0.25, 0.3) is 0 Å². The quantitative estimate of drug-likeness (QED) is 0.705. The predicted molar refractivity (Wildman–Crippen MR) is 60.6 cm³/mol. The maximum absolute atomic E-state index is 11.8. The summed E-state index contributed by atoms with van der Waals surface area (Å²) in [7, 11) is 0. The van der Waals surface area contributed by atoms with Crippen molar-refractivity contribution in [3.63, 3.8) is 0 Å². The summed E-state index contributed by atoms with van der Waals surface area (Å²) < 4.78 is 8.29. The molecule has 0 unspecified atom stereocenters. The van der Waals surface area contributed by atoms with Crippen molar-refractivity contribution in [3.8, 4) is 0 Å². The van der Waals surface area contributed by atoms with Gasteiger partial charge < -0.3 is 4.74 Å². The first-order chi connectivity index (χ1) is 7.83. The van der Waals surface area contributed by atoms with Crippen LogP contribution < -0.4 is 5.69 Å². The lowest BCUT2D eigenvalue weighted by molar-refractivity contribution is 0.123. The van der Waals surface area contributed by atoms with Crippen molar-refractivity contribution in [3.05, 3.63) is 34.9 Å². The minimum absolute atomic E-state index is 0.115. The fraction of sp³-hybridized carbons (Fsp3) is 0.455. The Kier molecular flexibility index (Phi) is 3.36. The van der Waals surface area contributed by atoms with Crippen molar-refractivity contribution in [1.29, 1.82) is 0 Å². The second-order valence-corrected chi connectivity index (χ2v) is 3.55. The molecule has 16 heavy (non-hydrogen) atoms. The number of hydrogen-bond donors (Lipinski definition) is 0. The van der Waals surface area contributed by atoms with E-state index in [2.05, 4.69) is 12.0 Å². The van der Waals surface area contributed by atoms with E-state index in [1.54, 1.807) is 6.20 Å². The molecule has 0 bridgehead atoms. The summed E-state index contributed by atoms with van der Waals surface area (Å²) in [6.45, 7) is 3.80. The zero-order valence-corrected chi connectivity index (χ0v) is 9.30. The van der Waals surface area contributed by atoms with Gasteiger partial charge in [0.15, 0.2) is 5.65 Å². The molecule has 0 saturated heterocycles. The van der Waals surface area contributed by atoms with Crippen LogP contribution in [0.4, 0.5) is 0 Å². The molecular formula is C11H15N3O2. The van der Waals surface area contributed by atoms with Gasteiger partial charge in [-0.3, -0.25) is 4.40 Å².